The maximum atomic E-state index is 13.1. The van der Waals surface area contributed by atoms with Crippen molar-refractivity contribution in [1.29, 1.82) is 0 Å². The summed E-state index contributed by atoms with van der Waals surface area (Å²) in [5.41, 5.74) is 7.94. The Morgan fingerprint density at radius 1 is 1.10 bits per heavy atom. The third kappa shape index (κ3) is 4.83. The number of rotatable bonds is 6. The zero-order chi connectivity index (χ0) is 28.9. The molecule has 2 fully saturated rings. The van der Waals surface area contributed by atoms with Gasteiger partial charge < -0.3 is 35.3 Å². The van der Waals surface area contributed by atoms with Gasteiger partial charge in [-0.1, -0.05) is 0 Å². The first-order valence-corrected chi connectivity index (χ1v) is 14.2. The van der Waals surface area contributed by atoms with Crippen molar-refractivity contribution >= 4 is 38.5 Å². The quantitative estimate of drug-likeness (QED) is 0.232. The second kappa shape index (κ2) is 10.5. The zero-order valence-corrected chi connectivity index (χ0v) is 22.7. The number of aromatic nitrogens is 5. The zero-order valence-electron chi connectivity index (χ0n) is 21.9. The number of nitrogen functional groups attached to an aromatic ring is 1. The van der Waals surface area contributed by atoms with Crippen LogP contribution in [0.2, 0.25) is 0 Å². The van der Waals surface area contributed by atoms with Crippen LogP contribution < -0.4 is 11.1 Å². The molecule has 5 N–H and O–H groups in total. The Morgan fingerprint density at radius 2 is 1.83 bits per heavy atom. The second-order valence-corrected chi connectivity index (χ2v) is 11.7. The van der Waals surface area contributed by atoms with Crippen molar-refractivity contribution in [2.75, 3.05) is 37.4 Å². The van der Waals surface area contributed by atoms with Crippen molar-refractivity contribution in [2.45, 2.75) is 29.4 Å². The van der Waals surface area contributed by atoms with E-state index in [0.717, 1.165) is 0 Å². The van der Waals surface area contributed by atoms with Crippen molar-refractivity contribution in [2.24, 2.45) is 7.05 Å². The molecule has 15 nitrogen and oxygen atoms in total. The number of hydrogen-bond donors (Lipinski definition) is 4. The van der Waals surface area contributed by atoms with E-state index in [0.29, 0.717) is 35.5 Å². The minimum atomic E-state index is -3.70. The predicted molar refractivity (Wildman–Crippen MR) is 145 cm³/mol. The molecule has 5 heterocycles. The lowest BCUT2D eigenvalue weighted by molar-refractivity contribution is -0.132. The first-order chi connectivity index (χ1) is 19.6. The molecule has 0 unspecified atom stereocenters. The molecule has 4 aromatic rings. The van der Waals surface area contributed by atoms with E-state index in [1.807, 2.05) is 0 Å². The van der Waals surface area contributed by atoms with Gasteiger partial charge in [0.25, 0.3) is 5.91 Å². The number of nitrogens with one attached hydrogen (secondary N) is 1. The third-order valence-electron chi connectivity index (χ3n) is 7.13. The number of sulfonamides is 1. The van der Waals surface area contributed by atoms with Gasteiger partial charge in [0.1, 0.15) is 30.0 Å². The molecule has 2 aliphatic rings. The molecule has 6 rings (SSSR count). The molecule has 4 atom stereocenters. The van der Waals surface area contributed by atoms with E-state index >= 15 is 0 Å². The summed E-state index contributed by atoms with van der Waals surface area (Å²) >= 11 is 0. The topological polar surface area (TPSA) is 200 Å². The van der Waals surface area contributed by atoms with E-state index in [1.54, 1.807) is 30.2 Å². The number of morpholine rings is 1. The number of nitrogens with zero attached hydrogens (tertiary/aromatic N) is 6. The smallest absolute Gasteiger partial charge is 0.256 e. The van der Waals surface area contributed by atoms with Crippen LogP contribution >= 0.6 is 0 Å². The monoisotopic (exact) mass is 584 g/mol. The van der Waals surface area contributed by atoms with Crippen LogP contribution in [-0.4, -0.2) is 97.8 Å². The van der Waals surface area contributed by atoms with Gasteiger partial charge in [0.05, 0.1) is 29.2 Å². The number of carbonyl (C=O) groups is 1. The van der Waals surface area contributed by atoms with Gasteiger partial charge >= 0.3 is 0 Å². The van der Waals surface area contributed by atoms with Crippen molar-refractivity contribution in [3.8, 4) is 11.3 Å². The van der Waals surface area contributed by atoms with Gasteiger partial charge in [-0.2, -0.15) is 9.40 Å². The summed E-state index contributed by atoms with van der Waals surface area (Å²) in [4.78, 5) is 21.6. The molecule has 0 saturated carbocycles. The summed E-state index contributed by atoms with van der Waals surface area (Å²) in [6.07, 6.45) is -1.04. The Kier molecular flexibility index (Phi) is 6.96. The fourth-order valence-electron chi connectivity index (χ4n) is 5.02. The largest absolute Gasteiger partial charge is 0.387 e. The summed E-state index contributed by atoms with van der Waals surface area (Å²) in [7, 11) is -1.93. The molecule has 0 spiro atoms. The Bertz CT molecular complexity index is 1700. The number of ether oxygens (including phenoxy) is 2. The van der Waals surface area contributed by atoms with Gasteiger partial charge in [0.2, 0.25) is 10.0 Å². The normalized spacial score (nSPS) is 23.7. The lowest BCUT2D eigenvalue weighted by Crippen LogP contribution is -2.40. The Hall–Kier alpha value is -3.93. The molecule has 1 amide bonds. The molecule has 0 bridgehead atoms. The van der Waals surface area contributed by atoms with Crippen molar-refractivity contribution in [1.82, 2.24) is 28.6 Å². The van der Waals surface area contributed by atoms with Gasteiger partial charge in [-0.15, -0.1) is 0 Å². The first kappa shape index (κ1) is 27.3. The minimum Gasteiger partial charge on any atom is -0.387 e. The maximum Gasteiger partial charge on any atom is 0.256 e. The number of aliphatic hydroxyl groups is 2. The standard InChI is InChI=1S/C25H28N8O7S/c1-31-7-6-17(30-31)16-12-33(23-18(16)22(26)27-13-28-23)25-20(35)19(34)21(40-25)24(36)29-14-2-4-15(5-3-14)41(37,38)32-8-10-39-11-9-32/h2-7,12-13,19-21,25,34-35H,8-11H2,1H3,(H,29,36)(H2,26,27,28)/t19-,20+,21-,25+/m0/s1. The number of hydrogen-bond acceptors (Lipinski definition) is 11. The number of benzene rings is 1. The molecule has 0 radical (unpaired) electrons. The summed E-state index contributed by atoms with van der Waals surface area (Å²) in [6, 6.07) is 7.44. The molecular weight excluding hydrogens is 556 g/mol. The number of aliphatic hydroxyl groups excluding tert-OH is 2. The van der Waals surface area contributed by atoms with E-state index in [9.17, 15) is 23.4 Å². The highest BCUT2D eigenvalue weighted by Gasteiger charge is 2.48. The molecule has 1 aromatic carbocycles. The van der Waals surface area contributed by atoms with Crippen molar-refractivity contribution in [3.05, 3.63) is 49.1 Å². The van der Waals surface area contributed by atoms with Crippen LogP contribution in [0, 0.1) is 0 Å². The maximum absolute atomic E-state index is 13.1. The van der Waals surface area contributed by atoms with Crippen molar-refractivity contribution < 1.29 is 32.9 Å². The second-order valence-electron chi connectivity index (χ2n) is 9.74. The lowest BCUT2D eigenvalue weighted by Gasteiger charge is -2.26. The van der Waals surface area contributed by atoms with Gasteiger partial charge in [-0.05, 0) is 30.3 Å². The van der Waals surface area contributed by atoms with Crippen LogP contribution in [-0.2, 0) is 31.3 Å². The van der Waals surface area contributed by atoms with E-state index in [2.05, 4.69) is 20.4 Å². The Labute approximate surface area is 234 Å². The lowest BCUT2D eigenvalue weighted by atomic mass is 10.1. The molecule has 41 heavy (non-hydrogen) atoms. The van der Waals surface area contributed by atoms with Gasteiger partial charge in [0, 0.05) is 43.8 Å². The molecule has 216 valence electrons. The van der Waals surface area contributed by atoms with E-state index in [1.165, 1.54) is 39.5 Å². The molecule has 0 aliphatic carbocycles. The molecule has 2 saturated heterocycles. The highest BCUT2D eigenvalue weighted by Crippen LogP contribution is 2.38. The van der Waals surface area contributed by atoms with Crippen LogP contribution in [0.25, 0.3) is 22.3 Å². The summed E-state index contributed by atoms with van der Waals surface area (Å²) in [5.74, 6) is -0.533. The first-order valence-electron chi connectivity index (χ1n) is 12.8. The number of nitrogens with two attached hydrogens (primary N) is 1. The minimum absolute atomic E-state index is 0.0782. The SMILES string of the molecule is Cn1ccc(-c2cn([C@@H]3O[C@H](C(=O)Nc4ccc(S(=O)(=O)N5CCOCC5)cc4)[C@@H](O)[C@H]3O)c3ncnc(N)c23)n1. The fourth-order valence-corrected chi connectivity index (χ4v) is 6.43. The summed E-state index contributed by atoms with van der Waals surface area (Å²) in [6.45, 7) is 1.18. The highest BCUT2D eigenvalue weighted by molar-refractivity contribution is 7.89. The van der Waals surface area contributed by atoms with E-state index in [4.69, 9.17) is 15.2 Å². The predicted octanol–water partition coefficient (Wildman–Crippen LogP) is -0.307. The highest BCUT2D eigenvalue weighted by atomic mass is 32.2. The van der Waals surface area contributed by atoms with Gasteiger partial charge in [-0.25, -0.2) is 18.4 Å². The average molecular weight is 585 g/mol. The van der Waals surface area contributed by atoms with Gasteiger partial charge in [-0.3, -0.25) is 9.48 Å². The number of carbonyl (C=O) groups excluding carboxylic acids is 1. The van der Waals surface area contributed by atoms with Crippen LogP contribution in [0.15, 0.2) is 53.9 Å². The Morgan fingerprint density at radius 3 is 2.51 bits per heavy atom. The number of fused-ring (bicyclic) bond motifs is 1. The third-order valence-corrected chi connectivity index (χ3v) is 9.04. The number of aryl methyl sites for hydroxylation is 1. The van der Waals surface area contributed by atoms with Crippen LogP contribution in [0.1, 0.15) is 6.23 Å². The van der Waals surface area contributed by atoms with Crippen LogP contribution in [0.3, 0.4) is 0 Å². The van der Waals surface area contributed by atoms with Crippen molar-refractivity contribution in [3.63, 3.8) is 0 Å². The fraction of sp³-hybridized carbons (Fsp3) is 0.360. The summed E-state index contributed by atoms with van der Waals surface area (Å²) in [5, 5.41) is 29.2. The molecule has 16 heteroatoms. The van der Waals surface area contributed by atoms with Crippen LogP contribution in [0.5, 0.6) is 0 Å². The average Bonchev–Trinajstić information content (AvgIpc) is 3.65. The molecule has 3 aromatic heterocycles. The number of anilines is 2. The van der Waals surface area contributed by atoms with E-state index in [-0.39, 0.29) is 29.5 Å². The molecular formula is C25H28N8O7S. The van der Waals surface area contributed by atoms with Crippen LogP contribution in [0.4, 0.5) is 11.5 Å². The summed E-state index contributed by atoms with van der Waals surface area (Å²) < 4.78 is 41.3. The van der Waals surface area contributed by atoms with E-state index < -0.39 is 40.5 Å². The van der Waals surface area contributed by atoms with Gasteiger partial charge in [0.15, 0.2) is 12.3 Å². The number of amides is 1. The Balaban J connectivity index is 1.22. The molecule has 2 aliphatic heterocycles.